The lowest BCUT2D eigenvalue weighted by molar-refractivity contribution is 0.440. The lowest BCUT2D eigenvalue weighted by Crippen LogP contribution is -2.31. The smallest absolute Gasteiger partial charge is 0.245 e. The molecule has 1 aromatic carbocycles. The molecular formula is C12H19FN2O2S. The van der Waals surface area contributed by atoms with Crippen molar-refractivity contribution in [2.45, 2.75) is 25.2 Å². The minimum absolute atomic E-state index is 0.267. The van der Waals surface area contributed by atoms with Gasteiger partial charge < -0.3 is 5.73 Å². The highest BCUT2D eigenvalue weighted by Crippen LogP contribution is 2.20. The summed E-state index contributed by atoms with van der Waals surface area (Å²) >= 11 is 0. The fourth-order valence-corrected chi connectivity index (χ4v) is 3.34. The molecule has 102 valence electrons. The second-order valence-electron chi connectivity index (χ2n) is 3.89. The van der Waals surface area contributed by atoms with Crippen LogP contribution in [0.3, 0.4) is 0 Å². The normalized spacial score (nSPS) is 12.1. The molecule has 0 unspecified atom stereocenters. The number of nitrogens with zero attached hydrogens (tertiary/aromatic N) is 1. The van der Waals surface area contributed by atoms with Crippen molar-refractivity contribution in [3.8, 4) is 0 Å². The lowest BCUT2D eigenvalue weighted by atomic mass is 10.1. The third-order valence-electron chi connectivity index (χ3n) is 2.75. The van der Waals surface area contributed by atoms with Crippen LogP contribution in [0.15, 0.2) is 23.1 Å². The molecule has 1 aromatic rings. The molecule has 0 heterocycles. The standard InChI is InChI=1S/C12H19FN2O2S/c1-3-15(4-2)18(16,17)12-9-10(7-8-14)5-6-11(12)13/h5-6,9H,3-4,7-8,14H2,1-2H3. The van der Waals surface area contributed by atoms with Crippen molar-refractivity contribution in [1.29, 1.82) is 0 Å². The van der Waals surface area contributed by atoms with Crippen LogP contribution in [0.1, 0.15) is 19.4 Å². The number of halogens is 1. The third kappa shape index (κ3) is 3.07. The molecule has 0 saturated heterocycles. The van der Waals surface area contributed by atoms with E-state index in [1.54, 1.807) is 19.9 Å². The van der Waals surface area contributed by atoms with E-state index in [2.05, 4.69) is 0 Å². The molecule has 0 aliphatic heterocycles. The van der Waals surface area contributed by atoms with Gasteiger partial charge in [0.25, 0.3) is 0 Å². The predicted octanol–water partition coefficient (Wildman–Crippen LogP) is 1.36. The summed E-state index contributed by atoms with van der Waals surface area (Å²) in [5.74, 6) is -0.720. The van der Waals surface area contributed by atoms with Crippen molar-refractivity contribution < 1.29 is 12.8 Å². The van der Waals surface area contributed by atoms with Crippen molar-refractivity contribution in [2.75, 3.05) is 19.6 Å². The van der Waals surface area contributed by atoms with Crippen LogP contribution >= 0.6 is 0 Å². The van der Waals surface area contributed by atoms with Crippen molar-refractivity contribution in [3.05, 3.63) is 29.6 Å². The molecule has 0 spiro atoms. The summed E-state index contributed by atoms with van der Waals surface area (Å²) in [5.41, 5.74) is 6.14. The summed E-state index contributed by atoms with van der Waals surface area (Å²) < 4.78 is 39.4. The minimum Gasteiger partial charge on any atom is -0.330 e. The average Bonchev–Trinajstić information content (AvgIpc) is 2.33. The lowest BCUT2D eigenvalue weighted by Gasteiger charge is -2.19. The first-order valence-corrected chi connectivity index (χ1v) is 7.40. The maximum Gasteiger partial charge on any atom is 0.245 e. The summed E-state index contributed by atoms with van der Waals surface area (Å²) in [6.07, 6.45) is 0.529. The number of nitrogens with two attached hydrogens (primary N) is 1. The molecule has 0 bridgehead atoms. The molecule has 0 fully saturated rings. The highest BCUT2D eigenvalue weighted by Gasteiger charge is 2.25. The van der Waals surface area contributed by atoms with Crippen LogP contribution in [0, 0.1) is 5.82 Å². The molecule has 0 saturated carbocycles. The van der Waals surface area contributed by atoms with Gasteiger partial charge in [-0.25, -0.2) is 12.8 Å². The van der Waals surface area contributed by atoms with Gasteiger partial charge in [0.05, 0.1) is 0 Å². The first-order chi connectivity index (χ1) is 8.47. The Morgan fingerprint density at radius 3 is 2.39 bits per heavy atom. The summed E-state index contributed by atoms with van der Waals surface area (Å²) in [6, 6.07) is 4.11. The minimum atomic E-state index is -3.76. The van der Waals surface area contributed by atoms with E-state index >= 15 is 0 Å². The maximum absolute atomic E-state index is 13.7. The van der Waals surface area contributed by atoms with Crippen LogP contribution in [-0.2, 0) is 16.4 Å². The molecule has 0 amide bonds. The van der Waals surface area contributed by atoms with E-state index in [1.165, 1.54) is 16.4 Å². The van der Waals surface area contributed by atoms with Crippen LogP contribution in [0.25, 0.3) is 0 Å². The number of rotatable bonds is 6. The largest absolute Gasteiger partial charge is 0.330 e. The molecule has 4 nitrogen and oxygen atoms in total. The van der Waals surface area contributed by atoms with E-state index < -0.39 is 15.8 Å². The SMILES string of the molecule is CCN(CC)S(=O)(=O)c1cc(CCN)ccc1F. The molecule has 0 atom stereocenters. The predicted molar refractivity (Wildman–Crippen MR) is 69.3 cm³/mol. The van der Waals surface area contributed by atoms with Crippen LogP contribution in [0.2, 0.25) is 0 Å². The van der Waals surface area contributed by atoms with Gasteiger partial charge in [0, 0.05) is 13.1 Å². The van der Waals surface area contributed by atoms with E-state index in [0.717, 1.165) is 5.56 Å². The van der Waals surface area contributed by atoms with E-state index in [1.807, 2.05) is 0 Å². The molecular weight excluding hydrogens is 255 g/mol. The van der Waals surface area contributed by atoms with Gasteiger partial charge in [-0.15, -0.1) is 0 Å². The number of benzene rings is 1. The zero-order valence-electron chi connectivity index (χ0n) is 10.7. The van der Waals surface area contributed by atoms with Gasteiger partial charge in [-0.2, -0.15) is 4.31 Å². The first-order valence-electron chi connectivity index (χ1n) is 5.96. The number of sulfonamides is 1. The Morgan fingerprint density at radius 1 is 1.28 bits per heavy atom. The summed E-state index contributed by atoms with van der Waals surface area (Å²) in [7, 11) is -3.76. The highest BCUT2D eigenvalue weighted by atomic mass is 32.2. The van der Waals surface area contributed by atoms with Crippen LogP contribution < -0.4 is 5.73 Å². The number of hydrogen-bond donors (Lipinski definition) is 1. The topological polar surface area (TPSA) is 63.4 Å². The van der Waals surface area contributed by atoms with E-state index in [0.29, 0.717) is 26.1 Å². The Morgan fingerprint density at radius 2 is 1.89 bits per heavy atom. The average molecular weight is 274 g/mol. The first kappa shape index (κ1) is 15.1. The molecule has 0 aliphatic carbocycles. The van der Waals surface area contributed by atoms with E-state index in [-0.39, 0.29) is 4.90 Å². The van der Waals surface area contributed by atoms with E-state index in [4.69, 9.17) is 5.73 Å². The molecule has 18 heavy (non-hydrogen) atoms. The molecule has 2 N–H and O–H groups in total. The highest BCUT2D eigenvalue weighted by molar-refractivity contribution is 7.89. The number of hydrogen-bond acceptors (Lipinski definition) is 3. The van der Waals surface area contributed by atoms with Crippen LogP contribution in [0.5, 0.6) is 0 Å². The van der Waals surface area contributed by atoms with Gasteiger partial charge in [0.15, 0.2) is 0 Å². The third-order valence-corrected chi connectivity index (χ3v) is 4.82. The molecule has 6 heteroatoms. The van der Waals surface area contributed by atoms with E-state index in [9.17, 15) is 12.8 Å². The zero-order valence-corrected chi connectivity index (χ0v) is 11.5. The quantitative estimate of drug-likeness (QED) is 0.852. The molecule has 0 radical (unpaired) electrons. The summed E-state index contributed by atoms with van der Waals surface area (Å²) in [4.78, 5) is -0.267. The Bertz CT molecular complexity index is 499. The van der Waals surface area contributed by atoms with Crippen LogP contribution in [-0.4, -0.2) is 32.4 Å². The van der Waals surface area contributed by atoms with Gasteiger partial charge in [-0.3, -0.25) is 0 Å². The van der Waals surface area contributed by atoms with Crippen molar-refractivity contribution in [1.82, 2.24) is 4.31 Å². The Balaban J connectivity index is 3.26. The Kier molecular flexibility index (Phi) is 5.25. The molecule has 1 rings (SSSR count). The Labute approximate surface area is 108 Å². The second-order valence-corrected chi connectivity index (χ2v) is 5.80. The van der Waals surface area contributed by atoms with Crippen molar-refractivity contribution in [2.24, 2.45) is 5.73 Å². The van der Waals surface area contributed by atoms with Crippen LogP contribution in [0.4, 0.5) is 4.39 Å². The fourth-order valence-electron chi connectivity index (χ4n) is 1.77. The fraction of sp³-hybridized carbons (Fsp3) is 0.500. The van der Waals surface area contributed by atoms with Gasteiger partial charge >= 0.3 is 0 Å². The van der Waals surface area contributed by atoms with Crippen molar-refractivity contribution >= 4 is 10.0 Å². The van der Waals surface area contributed by atoms with Crippen molar-refractivity contribution in [3.63, 3.8) is 0 Å². The second kappa shape index (κ2) is 6.26. The Hall–Kier alpha value is -0.980. The van der Waals surface area contributed by atoms with Gasteiger partial charge in [0.2, 0.25) is 10.0 Å². The molecule has 0 aromatic heterocycles. The van der Waals surface area contributed by atoms with Gasteiger partial charge in [-0.05, 0) is 30.7 Å². The summed E-state index contributed by atoms with van der Waals surface area (Å²) in [6.45, 7) is 4.49. The van der Waals surface area contributed by atoms with Gasteiger partial charge in [-0.1, -0.05) is 19.9 Å². The molecule has 0 aliphatic rings. The van der Waals surface area contributed by atoms with Gasteiger partial charge in [0.1, 0.15) is 10.7 Å². The maximum atomic E-state index is 13.7. The summed E-state index contributed by atoms with van der Waals surface area (Å²) in [5, 5.41) is 0. The zero-order chi connectivity index (χ0) is 13.8. The monoisotopic (exact) mass is 274 g/mol.